The summed E-state index contributed by atoms with van der Waals surface area (Å²) in [7, 11) is 0. The standard InChI is InChI=1S/C6H11NO5/c1-2-11-3-4(7)12-6(10)5(8)9/h4H,2-3,7H2,1H3,(H,8,9). The maximum Gasteiger partial charge on any atom is 0.418 e. The van der Waals surface area contributed by atoms with Crippen LogP contribution in [0.1, 0.15) is 6.92 Å². The van der Waals surface area contributed by atoms with Crippen LogP contribution in [0.3, 0.4) is 0 Å². The molecule has 0 radical (unpaired) electrons. The summed E-state index contributed by atoms with van der Waals surface area (Å²) >= 11 is 0. The van der Waals surface area contributed by atoms with E-state index in [1.165, 1.54) is 0 Å². The molecule has 12 heavy (non-hydrogen) atoms. The van der Waals surface area contributed by atoms with Gasteiger partial charge in [0.15, 0.2) is 6.23 Å². The number of ether oxygens (including phenoxy) is 2. The van der Waals surface area contributed by atoms with Crippen LogP contribution in [-0.2, 0) is 19.1 Å². The van der Waals surface area contributed by atoms with Crippen LogP contribution < -0.4 is 5.73 Å². The molecule has 1 unspecified atom stereocenters. The van der Waals surface area contributed by atoms with Crippen molar-refractivity contribution in [2.24, 2.45) is 5.73 Å². The Morgan fingerprint density at radius 1 is 1.58 bits per heavy atom. The topological polar surface area (TPSA) is 98.9 Å². The fourth-order valence-electron chi connectivity index (χ4n) is 0.456. The number of esters is 1. The maximum absolute atomic E-state index is 10.4. The van der Waals surface area contributed by atoms with Gasteiger partial charge in [0.05, 0.1) is 6.61 Å². The van der Waals surface area contributed by atoms with E-state index >= 15 is 0 Å². The van der Waals surface area contributed by atoms with Gasteiger partial charge in [0.1, 0.15) is 0 Å². The molecule has 6 heteroatoms. The molecule has 0 spiro atoms. The van der Waals surface area contributed by atoms with Gasteiger partial charge in [-0.2, -0.15) is 0 Å². The minimum absolute atomic E-state index is 0.00444. The molecule has 70 valence electrons. The highest BCUT2D eigenvalue weighted by molar-refractivity contribution is 6.28. The molecule has 0 aromatic rings. The van der Waals surface area contributed by atoms with Crippen molar-refractivity contribution >= 4 is 11.9 Å². The number of rotatable bonds is 4. The zero-order chi connectivity index (χ0) is 9.56. The molecule has 0 saturated heterocycles. The number of carboxylic acids is 1. The van der Waals surface area contributed by atoms with E-state index < -0.39 is 18.2 Å². The lowest BCUT2D eigenvalue weighted by Crippen LogP contribution is -2.34. The zero-order valence-electron chi connectivity index (χ0n) is 6.65. The number of carboxylic acid groups (broad SMARTS) is 1. The monoisotopic (exact) mass is 177 g/mol. The molecule has 0 aliphatic heterocycles. The van der Waals surface area contributed by atoms with Crippen molar-refractivity contribution in [3.05, 3.63) is 0 Å². The summed E-state index contributed by atoms with van der Waals surface area (Å²) in [6.45, 7) is 2.17. The Morgan fingerprint density at radius 3 is 2.58 bits per heavy atom. The number of nitrogens with two attached hydrogens (primary N) is 1. The Morgan fingerprint density at radius 2 is 2.17 bits per heavy atom. The zero-order valence-corrected chi connectivity index (χ0v) is 6.65. The fourth-order valence-corrected chi connectivity index (χ4v) is 0.456. The van der Waals surface area contributed by atoms with E-state index in [2.05, 4.69) is 4.74 Å². The van der Waals surface area contributed by atoms with Crippen LogP contribution in [0, 0.1) is 0 Å². The Hall–Kier alpha value is -1.14. The summed E-state index contributed by atoms with van der Waals surface area (Å²) in [5, 5.41) is 8.09. The number of hydrogen-bond acceptors (Lipinski definition) is 5. The Balaban J connectivity index is 3.61. The number of hydrogen-bond donors (Lipinski definition) is 2. The lowest BCUT2D eigenvalue weighted by molar-refractivity contribution is -0.169. The van der Waals surface area contributed by atoms with Crippen LogP contribution in [0.5, 0.6) is 0 Å². The van der Waals surface area contributed by atoms with E-state index in [0.717, 1.165) is 0 Å². The van der Waals surface area contributed by atoms with Gasteiger partial charge in [0.2, 0.25) is 0 Å². The molecule has 0 heterocycles. The molecule has 6 nitrogen and oxygen atoms in total. The average Bonchev–Trinajstić information content (AvgIpc) is 2.00. The first-order valence-corrected chi connectivity index (χ1v) is 3.35. The molecular formula is C6H11NO5. The second kappa shape index (κ2) is 5.50. The first kappa shape index (κ1) is 10.9. The molecule has 0 saturated carbocycles. The smallest absolute Gasteiger partial charge is 0.418 e. The van der Waals surface area contributed by atoms with Crippen LogP contribution in [0.4, 0.5) is 0 Å². The summed E-state index contributed by atoms with van der Waals surface area (Å²) in [6, 6.07) is 0. The van der Waals surface area contributed by atoms with Gasteiger partial charge in [-0.1, -0.05) is 0 Å². The maximum atomic E-state index is 10.4. The Labute approximate surface area is 69.2 Å². The predicted octanol–water partition coefficient (Wildman–Crippen LogP) is -1.06. The van der Waals surface area contributed by atoms with Crippen molar-refractivity contribution < 1.29 is 24.2 Å². The molecule has 0 amide bonds. The van der Waals surface area contributed by atoms with Gasteiger partial charge in [0, 0.05) is 6.61 Å². The van der Waals surface area contributed by atoms with E-state index in [0.29, 0.717) is 6.61 Å². The largest absolute Gasteiger partial charge is 0.473 e. The van der Waals surface area contributed by atoms with E-state index in [4.69, 9.17) is 15.6 Å². The van der Waals surface area contributed by atoms with E-state index in [1.807, 2.05) is 0 Å². The molecule has 0 aliphatic rings. The summed E-state index contributed by atoms with van der Waals surface area (Å²) in [5.74, 6) is -3.04. The van der Waals surface area contributed by atoms with Gasteiger partial charge in [-0.3, -0.25) is 5.73 Å². The van der Waals surface area contributed by atoms with Gasteiger partial charge in [-0.05, 0) is 6.92 Å². The first-order valence-electron chi connectivity index (χ1n) is 3.35. The normalized spacial score (nSPS) is 12.2. The van der Waals surface area contributed by atoms with E-state index in [1.54, 1.807) is 6.92 Å². The fraction of sp³-hybridized carbons (Fsp3) is 0.667. The van der Waals surface area contributed by atoms with Gasteiger partial charge in [-0.25, -0.2) is 9.59 Å². The molecule has 0 aromatic carbocycles. The van der Waals surface area contributed by atoms with Gasteiger partial charge in [0.25, 0.3) is 0 Å². The number of carbonyl (C=O) groups is 2. The first-order chi connectivity index (χ1) is 5.57. The van der Waals surface area contributed by atoms with Crippen molar-refractivity contribution in [1.29, 1.82) is 0 Å². The van der Waals surface area contributed by atoms with Crippen LogP contribution in [0.25, 0.3) is 0 Å². The second-order valence-electron chi connectivity index (χ2n) is 1.91. The third kappa shape index (κ3) is 4.64. The van der Waals surface area contributed by atoms with Gasteiger partial charge < -0.3 is 14.6 Å². The van der Waals surface area contributed by atoms with Crippen molar-refractivity contribution in [2.45, 2.75) is 13.2 Å². The quantitative estimate of drug-likeness (QED) is 0.322. The molecule has 3 N–H and O–H groups in total. The number of carbonyl (C=O) groups excluding carboxylic acids is 1. The minimum atomic E-state index is -1.66. The molecule has 0 bridgehead atoms. The molecule has 0 rings (SSSR count). The highest BCUT2D eigenvalue weighted by atomic mass is 16.6. The van der Waals surface area contributed by atoms with Crippen LogP contribution in [-0.4, -0.2) is 36.5 Å². The van der Waals surface area contributed by atoms with Gasteiger partial charge in [-0.15, -0.1) is 0 Å². The van der Waals surface area contributed by atoms with Crippen LogP contribution >= 0.6 is 0 Å². The predicted molar refractivity (Wildman–Crippen MR) is 38.2 cm³/mol. The van der Waals surface area contributed by atoms with E-state index in [9.17, 15) is 9.59 Å². The average molecular weight is 177 g/mol. The SMILES string of the molecule is CCOCC(N)OC(=O)C(=O)O. The third-order valence-electron chi connectivity index (χ3n) is 0.919. The van der Waals surface area contributed by atoms with Crippen molar-refractivity contribution in [3.8, 4) is 0 Å². The second-order valence-corrected chi connectivity index (χ2v) is 1.91. The van der Waals surface area contributed by atoms with Crippen LogP contribution in [0.2, 0.25) is 0 Å². The molecule has 1 atom stereocenters. The minimum Gasteiger partial charge on any atom is -0.473 e. The molecule has 0 aliphatic carbocycles. The van der Waals surface area contributed by atoms with Crippen molar-refractivity contribution in [3.63, 3.8) is 0 Å². The summed E-state index contributed by atoms with van der Waals surface area (Å²) in [5.41, 5.74) is 5.17. The lowest BCUT2D eigenvalue weighted by Gasteiger charge is -2.10. The molecular weight excluding hydrogens is 166 g/mol. The Kier molecular flexibility index (Phi) is 4.98. The summed E-state index contributed by atoms with van der Waals surface area (Å²) in [4.78, 5) is 20.3. The van der Waals surface area contributed by atoms with Gasteiger partial charge >= 0.3 is 11.9 Å². The van der Waals surface area contributed by atoms with Crippen molar-refractivity contribution in [2.75, 3.05) is 13.2 Å². The highest BCUT2D eigenvalue weighted by Gasteiger charge is 2.16. The summed E-state index contributed by atoms with van der Waals surface area (Å²) < 4.78 is 9.01. The van der Waals surface area contributed by atoms with E-state index in [-0.39, 0.29) is 6.61 Å². The Bertz CT molecular complexity index is 169. The highest BCUT2D eigenvalue weighted by Crippen LogP contribution is 1.86. The molecule has 0 aromatic heterocycles. The molecule has 0 fully saturated rings. The lowest BCUT2D eigenvalue weighted by atomic mass is 10.6. The number of aliphatic carboxylic acids is 1. The van der Waals surface area contributed by atoms with Crippen molar-refractivity contribution in [1.82, 2.24) is 0 Å². The van der Waals surface area contributed by atoms with Crippen LogP contribution in [0.15, 0.2) is 0 Å². The summed E-state index contributed by atoms with van der Waals surface area (Å²) in [6.07, 6.45) is -1.02. The third-order valence-corrected chi connectivity index (χ3v) is 0.919.